The van der Waals surface area contributed by atoms with Gasteiger partial charge in [-0.1, -0.05) is 75.8 Å². The van der Waals surface area contributed by atoms with Gasteiger partial charge in [-0.05, 0) is 123 Å². The van der Waals surface area contributed by atoms with E-state index < -0.39 is 18.1 Å². The van der Waals surface area contributed by atoms with Crippen molar-refractivity contribution in [1.29, 1.82) is 5.26 Å². The topological polar surface area (TPSA) is 67.3 Å². The van der Waals surface area contributed by atoms with E-state index >= 15 is 0 Å². The van der Waals surface area contributed by atoms with Crippen LogP contribution in [0, 0.1) is 28.6 Å². The number of halogens is 3. The molecule has 0 fully saturated rings. The van der Waals surface area contributed by atoms with Gasteiger partial charge in [0, 0.05) is 56.5 Å². The molecule has 1 heterocycles. The molecular weight excluding hydrogens is 694 g/mol. The second kappa shape index (κ2) is 25.7. The van der Waals surface area contributed by atoms with Crippen LogP contribution in [0.5, 0.6) is 0 Å². The van der Waals surface area contributed by atoms with Crippen molar-refractivity contribution < 1.29 is 13.2 Å². The van der Waals surface area contributed by atoms with Crippen LogP contribution in [0.4, 0.5) is 13.2 Å². The fourth-order valence-corrected chi connectivity index (χ4v) is 7.34. The van der Waals surface area contributed by atoms with Crippen LogP contribution in [-0.4, -0.2) is 66.1 Å². The molecule has 1 rings (SSSR count). The summed E-state index contributed by atoms with van der Waals surface area (Å²) < 4.78 is 38.8. The number of aliphatic imine (C=N–C) groups is 2. The number of hydrazone groups is 1. The van der Waals surface area contributed by atoms with Crippen LogP contribution in [0.3, 0.4) is 0 Å². The van der Waals surface area contributed by atoms with E-state index in [9.17, 15) is 18.4 Å². The molecule has 0 amide bonds. The molecule has 1 aliphatic rings. The Balaban J connectivity index is 3.16. The highest BCUT2D eigenvalue weighted by Crippen LogP contribution is 2.35. The molecule has 0 bridgehead atoms. The minimum atomic E-state index is -4.25. The van der Waals surface area contributed by atoms with Crippen molar-refractivity contribution in [2.45, 2.75) is 170 Å². The maximum atomic E-state index is 12.9. The third-order valence-electron chi connectivity index (χ3n) is 10.8. The van der Waals surface area contributed by atoms with Gasteiger partial charge >= 0.3 is 6.18 Å². The van der Waals surface area contributed by atoms with Gasteiger partial charge in [0.2, 0.25) is 0 Å². The minimum absolute atomic E-state index is 0.0683. The molecule has 9 heteroatoms. The van der Waals surface area contributed by atoms with Gasteiger partial charge in [-0.15, -0.1) is 0 Å². The first-order chi connectivity index (χ1) is 26.0. The van der Waals surface area contributed by atoms with Crippen LogP contribution in [-0.2, 0) is 0 Å². The van der Waals surface area contributed by atoms with Crippen molar-refractivity contribution in [3.8, 4) is 6.07 Å². The Labute approximate surface area is 334 Å². The normalized spacial score (nSPS) is 18.7. The third kappa shape index (κ3) is 19.8. The molecule has 4 atom stereocenters. The SMILES string of the molecule is C/C=N\N(C)C(C)/C=C\C/C(=C\CC)CCC(=NC(C)(C=CCCCC(C)(C)CCC1=CCC/C=C(\CC(F)(F)F)N=C1)C(CC)C(C)C#N)N(CC)CC. The zero-order valence-electron chi connectivity index (χ0n) is 36.4. The highest BCUT2D eigenvalue weighted by atomic mass is 19.4. The first kappa shape index (κ1) is 49.6. The number of alkyl halides is 3. The monoisotopic (exact) mass is 769 g/mol. The van der Waals surface area contributed by atoms with Crippen LogP contribution in [0.25, 0.3) is 0 Å². The maximum absolute atomic E-state index is 12.9. The van der Waals surface area contributed by atoms with Crippen molar-refractivity contribution in [2.24, 2.45) is 32.3 Å². The van der Waals surface area contributed by atoms with Gasteiger partial charge in [0.15, 0.2) is 0 Å². The fourth-order valence-electron chi connectivity index (χ4n) is 7.34. The van der Waals surface area contributed by atoms with Gasteiger partial charge in [0.05, 0.1) is 24.1 Å². The number of allylic oxidation sites excluding steroid dienone is 8. The molecule has 0 aromatic rings. The zero-order chi connectivity index (χ0) is 41.5. The largest absolute Gasteiger partial charge is 0.394 e. The molecule has 0 aromatic carbocycles. The molecule has 310 valence electrons. The predicted octanol–water partition coefficient (Wildman–Crippen LogP) is 13.2. The molecule has 6 nitrogen and oxygen atoms in total. The van der Waals surface area contributed by atoms with Gasteiger partial charge in [-0.25, -0.2) is 0 Å². The van der Waals surface area contributed by atoms with Gasteiger partial charge < -0.3 is 4.90 Å². The van der Waals surface area contributed by atoms with E-state index in [2.05, 4.69) is 113 Å². The lowest BCUT2D eigenvalue weighted by atomic mass is 9.76. The molecule has 55 heavy (non-hydrogen) atoms. The van der Waals surface area contributed by atoms with Gasteiger partial charge in [-0.3, -0.25) is 15.0 Å². The first-order valence-corrected chi connectivity index (χ1v) is 20.9. The summed E-state index contributed by atoms with van der Waals surface area (Å²) in [4.78, 5) is 12.2. The van der Waals surface area contributed by atoms with E-state index in [1.807, 2.05) is 32.1 Å². The minimum Gasteiger partial charge on any atom is -0.361 e. The molecular formula is C46H75F3N6. The molecule has 0 saturated carbocycles. The van der Waals surface area contributed by atoms with Crippen LogP contribution >= 0.6 is 0 Å². The number of rotatable bonds is 24. The van der Waals surface area contributed by atoms with E-state index in [0.717, 1.165) is 95.1 Å². The van der Waals surface area contributed by atoms with Gasteiger partial charge in [-0.2, -0.15) is 23.5 Å². The van der Waals surface area contributed by atoms with E-state index in [0.29, 0.717) is 6.42 Å². The Kier molecular flexibility index (Phi) is 23.2. The molecule has 1 aliphatic heterocycles. The second-order valence-electron chi connectivity index (χ2n) is 16.0. The Morgan fingerprint density at radius 2 is 1.71 bits per heavy atom. The Morgan fingerprint density at radius 1 is 1.02 bits per heavy atom. The lowest BCUT2D eigenvalue weighted by molar-refractivity contribution is -0.127. The molecule has 0 saturated heterocycles. The molecule has 0 spiro atoms. The average Bonchev–Trinajstić information content (AvgIpc) is 3.11. The van der Waals surface area contributed by atoms with Crippen molar-refractivity contribution >= 4 is 18.3 Å². The second-order valence-corrected chi connectivity index (χ2v) is 16.0. The maximum Gasteiger partial charge on any atom is 0.394 e. The highest BCUT2D eigenvalue weighted by Gasteiger charge is 2.35. The van der Waals surface area contributed by atoms with Crippen LogP contribution in [0.15, 0.2) is 74.5 Å². The van der Waals surface area contributed by atoms with E-state index in [-0.39, 0.29) is 29.0 Å². The molecule has 0 radical (unpaired) electrons. The average molecular weight is 769 g/mol. The number of likely N-dealkylation sites (N-methyl/N-ethyl adjacent to an activating group) is 1. The summed E-state index contributed by atoms with van der Waals surface area (Å²) in [6.07, 6.45) is 23.8. The number of hydrogen-bond acceptors (Lipinski definition) is 5. The Bertz CT molecular complexity index is 1400. The van der Waals surface area contributed by atoms with Crippen molar-refractivity contribution in [1.82, 2.24) is 9.91 Å². The number of nitriles is 1. The number of amidine groups is 1. The van der Waals surface area contributed by atoms with E-state index in [1.54, 1.807) is 12.3 Å². The first-order valence-electron chi connectivity index (χ1n) is 20.9. The smallest absolute Gasteiger partial charge is 0.361 e. The summed E-state index contributed by atoms with van der Waals surface area (Å²) in [5.74, 6) is 1.02. The lowest BCUT2D eigenvalue weighted by Gasteiger charge is -2.36. The summed E-state index contributed by atoms with van der Waals surface area (Å²) in [6, 6.07) is 2.75. The summed E-state index contributed by atoms with van der Waals surface area (Å²) in [5.41, 5.74) is 2.08. The van der Waals surface area contributed by atoms with Gasteiger partial charge in [0.25, 0.3) is 0 Å². The summed E-state index contributed by atoms with van der Waals surface area (Å²) in [5, 5.41) is 16.4. The number of unbranched alkanes of at least 4 members (excludes halogenated alkanes) is 1. The Morgan fingerprint density at radius 3 is 2.31 bits per heavy atom. The number of hydrogen-bond donors (Lipinski definition) is 0. The summed E-state index contributed by atoms with van der Waals surface area (Å²) >= 11 is 0. The molecule has 0 aromatic heterocycles. The van der Waals surface area contributed by atoms with Crippen molar-refractivity contribution in [3.05, 3.63) is 59.4 Å². The Hall–Kier alpha value is -3.41. The van der Waals surface area contributed by atoms with Crippen molar-refractivity contribution in [2.75, 3.05) is 20.1 Å². The number of nitrogens with zero attached hydrogens (tertiary/aromatic N) is 6. The predicted molar refractivity (Wildman–Crippen MR) is 231 cm³/mol. The lowest BCUT2D eigenvalue weighted by Crippen LogP contribution is -2.39. The quantitative estimate of drug-likeness (QED) is 0.0323. The summed E-state index contributed by atoms with van der Waals surface area (Å²) in [7, 11) is 1.99. The molecule has 4 unspecified atom stereocenters. The third-order valence-corrected chi connectivity index (χ3v) is 10.8. The van der Waals surface area contributed by atoms with Crippen molar-refractivity contribution in [3.63, 3.8) is 0 Å². The van der Waals surface area contributed by atoms with Gasteiger partial charge in [0.1, 0.15) is 5.84 Å². The van der Waals surface area contributed by atoms with Crippen LogP contribution < -0.4 is 0 Å². The highest BCUT2D eigenvalue weighted by molar-refractivity contribution is 5.83. The zero-order valence-corrected chi connectivity index (χ0v) is 36.4. The summed E-state index contributed by atoms with van der Waals surface area (Å²) in [6.45, 7) is 23.3. The molecule has 0 aliphatic carbocycles. The fraction of sp³-hybridized carbons (Fsp3) is 0.696. The molecule has 0 N–H and O–H groups in total. The standard InChI is InChI=1S/C46H75F3N6/c1-12-23-39(26-22-24-38(7)54(11)52-14-3)28-29-43(55(15-4)16-5)53-45(10,42(13-2)37(6)35-50)32-21-17-20-31-44(8,9)33-30-40-25-18-19-27-41(51-36-40)34-46(47,48)49/h14,21-25,27,32,36-38,42H,12-13,15-20,26,28-31,33-34H2,1-11H3/b24-22-,32-21?,39-23+,40-25?,41-27+,51-36?,52-14-,53-43?. The van der Waals surface area contributed by atoms with E-state index in [1.165, 1.54) is 5.57 Å². The van der Waals surface area contributed by atoms with E-state index in [4.69, 9.17) is 4.99 Å². The van der Waals surface area contributed by atoms with Crippen LogP contribution in [0.1, 0.15) is 153 Å². The van der Waals surface area contributed by atoms with Crippen LogP contribution in [0.2, 0.25) is 0 Å².